The molecule has 1 radical (unpaired) electrons. The molecule has 0 bridgehead atoms. The van der Waals surface area contributed by atoms with Crippen molar-refractivity contribution in [1.29, 1.82) is 0 Å². The van der Waals surface area contributed by atoms with E-state index in [1.54, 1.807) is 14.2 Å². The monoisotopic (exact) mass is 223 g/mol. The molecule has 0 amide bonds. The fraction of sp³-hybridized carbons (Fsp3) is 0.500. The predicted octanol–water partition coefficient (Wildman–Crippen LogP) is 2.19. The molecule has 0 heterocycles. The third-order valence-electron chi connectivity index (χ3n) is 2.69. The molecule has 0 saturated carbocycles. The molecule has 83 valence electrons. The smallest absolute Gasteiger partial charge is 0.393 e. The molecule has 3 heteroatoms. The van der Waals surface area contributed by atoms with E-state index < -0.39 is 9.28 Å². The number of benzene rings is 1. The van der Waals surface area contributed by atoms with Gasteiger partial charge in [0.15, 0.2) is 0 Å². The van der Waals surface area contributed by atoms with E-state index >= 15 is 0 Å². The minimum Gasteiger partial charge on any atom is -0.393 e. The zero-order valence-electron chi connectivity index (χ0n) is 9.91. The summed E-state index contributed by atoms with van der Waals surface area (Å²) in [6.07, 6.45) is 1.14. The summed E-state index contributed by atoms with van der Waals surface area (Å²) in [6, 6.07) is 8.41. The van der Waals surface area contributed by atoms with Crippen LogP contribution in [0.1, 0.15) is 31.7 Å². The minimum absolute atomic E-state index is 0.562. The summed E-state index contributed by atoms with van der Waals surface area (Å²) in [7, 11) is 2.14. The molecule has 15 heavy (non-hydrogen) atoms. The van der Waals surface area contributed by atoms with Crippen molar-refractivity contribution in [3.05, 3.63) is 29.8 Å². The molecule has 0 spiro atoms. The largest absolute Gasteiger partial charge is 0.423 e. The summed E-state index contributed by atoms with van der Waals surface area (Å²) in [5.74, 6) is 0.562. The van der Waals surface area contributed by atoms with Gasteiger partial charge in [-0.25, -0.2) is 0 Å². The van der Waals surface area contributed by atoms with Crippen LogP contribution in [0.25, 0.3) is 0 Å². The van der Waals surface area contributed by atoms with Crippen LogP contribution in [0, 0.1) is 0 Å². The quantitative estimate of drug-likeness (QED) is 0.712. The first-order valence-electron chi connectivity index (χ1n) is 5.28. The Bertz CT molecular complexity index is 297. The van der Waals surface area contributed by atoms with E-state index in [0.29, 0.717) is 5.92 Å². The van der Waals surface area contributed by atoms with Gasteiger partial charge in [0.1, 0.15) is 0 Å². The maximum atomic E-state index is 5.40. The molecule has 1 rings (SSSR count). The second-order valence-corrected chi connectivity index (χ2v) is 5.52. The van der Waals surface area contributed by atoms with Crippen LogP contribution in [-0.4, -0.2) is 23.5 Å². The van der Waals surface area contributed by atoms with Gasteiger partial charge in [-0.15, -0.1) is 0 Å². The van der Waals surface area contributed by atoms with Crippen LogP contribution >= 0.6 is 0 Å². The van der Waals surface area contributed by atoms with Crippen molar-refractivity contribution in [3.8, 4) is 0 Å². The van der Waals surface area contributed by atoms with Crippen molar-refractivity contribution in [2.24, 2.45) is 0 Å². The summed E-state index contributed by atoms with van der Waals surface area (Å²) in [4.78, 5) is 0. The van der Waals surface area contributed by atoms with Gasteiger partial charge in [0.25, 0.3) is 0 Å². The highest BCUT2D eigenvalue weighted by atomic mass is 28.3. The van der Waals surface area contributed by atoms with E-state index in [1.807, 2.05) is 6.07 Å². The topological polar surface area (TPSA) is 18.5 Å². The van der Waals surface area contributed by atoms with Gasteiger partial charge in [-0.1, -0.05) is 38.1 Å². The molecule has 2 nitrogen and oxygen atoms in total. The Hall–Kier alpha value is -0.643. The van der Waals surface area contributed by atoms with Crippen molar-refractivity contribution in [3.63, 3.8) is 0 Å². The lowest BCUT2D eigenvalue weighted by Crippen LogP contribution is -2.37. The van der Waals surface area contributed by atoms with Gasteiger partial charge >= 0.3 is 9.28 Å². The van der Waals surface area contributed by atoms with Crippen molar-refractivity contribution in [1.82, 2.24) is 0 Å². The van der Waals surface area contributed by atoms with Crippen molar-refractivity contribution >= 4 is 14.5 Å². The number of hydrogen-bond acceptors (Lipinski definition) is 2. The molecule has 0 aromatic heterocycles. The van der Waals surface area contributed by atoms with Crippen molar-refractivity contribution in [2.75, 3.05) is 14.2 Å². The summed E-state index contributed by atoms with van der Waals surface area (Å²) < 4.78 is 10.8. The Morgan fingerprint density at radius 3 is 2.33 bits per heavy atom. The molecule has 0 aliphatic carbocycles. The van der Waals surface area contributed by atoms with Crippen LogP contribution in [0.5, 0.6) is 0 Å². The summed E-state index contributed by atoms with van der Waals surface area (Å²) in [6.45, 7) is 4.44. The predicted molar refractivity (Wildman–Crippen MR) is 64.6 cm³/mol. The van der Waals surface area contributed by atoms with Crippen LogP contribution in [-0.2, 0) is 8.85 Å². The van der Waals surface area contributed by atoms with Crippen molar-refractivity contribution < 1.29 is 8.85 Å². The molecule has 0 fully saturated rings. The Balaban J connectivity index is 3.04. The van der Waals surface area contributed by atoms with Gasteiger partial charge in [-0.3, -0.25) is 0 Å². The van der Waals surface area contributed by atoms with E-state index in [2.05, 4.69) is 32.0 Å². The van der Waals surface area contributed by atoms with Gasteiger partial charge in [0.05, 0.1) is 0 Å². The molecule has 1 aromatic carbocycles. The maximum Gasteiger partial charge on any atom is 0.423 e. The third kappa shape index (κ3) is 2.90. The van der Waals surface area contributed by atoms with E-state index in [9.17, 15) is 0 Å². The Kier molecular flexibility index (Phi) is 5.01. The Morgan fingerprint density at radius 1 is 1.20 bits per heavy atom. The molecule has 0 N–H and O–H groups in total. The summed E-state index contributed by atoms with van der Waals surface area (Å²) in [5, 5.41) is 1.24. The van der Waals surface area contributed by atoms with Gasteiger partial charge in [-0.2, -0.15) is 0 Å². The van der Waals surface area contributed by atoms with Crippen molar-refractivity contribution in [2.45, 2.75) is 26.2 Å². The highest BCUT2D eigenvalue weighted by Gasteiger charge is 2.21. The zero-order valence-corrected chi connectivity index (χ0v) is 10.9. The molecule has 1 aromatic rings. The molecule has 1 atom stereocenters. The second-order valence-electron chi connectivity index (χ2n) is 3.59. The average molecular weight is 223 g/mol. The van der Waals surface area contributed by atoms with E-state index in [-0.39, 0.29) is 0 Å². The van der Waals surface area contributed by atoms with Gasteiger partial charge in [0.2, 0.25) is 0 Å². The average Bonchev–Trinajstić information content (AvgIpc) is 2.30. The van der Waals surface area contributed by atoms with E-state index in [4.69, 9.17) is 8.85 Å². The fourth-order valence-corrected chi connectivity index (χ4v) is 3.04. The zero-order chi connectivity index (χ0) is 11.3. The first-order valence-corrected chi connectivity index (χ1v) is 6.60. The number of rotatable bonds is 5. The standard InChI is InChI=1S/C12H19O2Si/c1-5-10(2)11-8-6-7-9-12(11)15(13-3)14-4/h6-10H,5H2,1-4H3. The van der Waals surface area contributed by atoms with Gasteiger partial charge < -0.3 is 8.85 Å². The summed E-state index contributed by atoms with van der Waals surface area (Å²) in [5.41, 5.74) is 1.36. The second kappa shape index (κ2) is 6.05. The highest BCUT2D eigenvalue weighted by Crippen LogP contribution is 2.17. The van der Waals surface area contributed by atoms with Crippen LogP contribution in [0.3, 0.4) is 0 Å². The lowest BCUT2D eigenvalue weighted by atomic mass is 9.99. The molecular formula is C12H19O2Si. The molecule has 0 aliphatic heterocycles. The maximum absolute atomic E-state index is 5.40. The lowest BCUT2D eigenvalue weighted by molar-refractivity contribution is 0.291. The van der Waals surface area contributed by atoms with Gasteiger partial charge in [0, 0.05) is 14.2 Å². The van der Waals surface area contributed by atoms with E-state index in [0.717, 1.165) is 6.42 Å². The van der Waals surface area contributed by atoms with E-state index in [1.165, 1.54) is 10.8 Å². The lowest BCUT2D eigenvalue weighted by Gasteiger charge is -2.17. The first-order chi connectivity index (χ1) is 7.24. The van der Waals surface area contributed by atoms with Gasteiger partial charge in [-0.05, 0) is 23.1 Å². The van der Waals surface area contributed by atoms with Crippen LogP contribution < -0.4 is 5.19 Å². The first kappa shape index (κ1) is 12.4. The van der Waals surface area contributed by atoms with Crippen LogP contribution in [0.2, 0.25) is 0 Å². The fourth-order valence-electron chi connectivity index (χ4n) is 1.64. The Morgan fingerprint density at radius 2 is 1.80 bits per heavy atom. The Labute approximate surface area is 94.1 Å². The molecule has 1 unspecified atom stereocenters. The third-order valence-corrected chi connectivity index (χ3v) is 4.33. The molecule has 0 aliphatic rings. The summed E-state index contributed by atoms with van der Waals surface area (Å²) >= 11 is 0. The van der Waals surface area contributed by atoms with Crippen LogP contribution in [0.4, 0.5) is 0 Å². The highest BCUT2D eigenvalue weighted by molar-refractivity contribution is 6.61. The minimum atomic E-state index is -1.29. The SMILES string of the molecule is CCC(C)c1ccccc1[Si](OC)OC. The molecule has 0 saturated heterocycles. The van der Waals surface area contributed by atoms with Crippen LogP contribution in [0.15, 0.2) is 24.3 Å². The normalized spacial score (nSPS) is 13.1. The number of hydrogen-bond donors (Lipinski definition) is 0. The molecular weight excluding hydrogens is 204 g/mol.